The Hall–Kier alpha value is -1.78. The Bertz CT molecular complexity index is 460. The van der Waals surface area contributed by atoms with Crippen molar-refractivity contribution in [1.82, 2.24) is 9.97 Å². The summed E-state index contributed by atoms with van der Waals surface area (Å²) in [5.74, 6) is 0. The molecule has 0 radical (unpaired) electrons. The van der Waals surface area contributed by atoms with Crippen LogP contribution in [0, 0.1) is 0 Å². The lowest BCUT2D eigenvalue weighted by molar-refractivity contribution is -0.143. The fourth-order valence-electron chi connectivity index (χ4n) is 1.86. The van der Waals surface area contributed by atoms with E-state index >= 15 is 0 Å². The Kier molecular flexibility index (Phi) is 3.15. The molecule has 0 aromatic carbocycles. The van der Waals surface area contributed by atoms with Crippen molar-refractivity contribution >= 4 is 0 Å². The van der Waals surface area contributed by atoms with Gasteiger partial charge < -0.3 is 10.2 Å². The van der Waals surface area contributed by atoms with E-state index in [1.165, 1.54) is 0 Å². The maximum atomic E-state index is 10.6. The molecule has 4 heteroatoms. The van der Waals surface area contributed by atoms with Gasteiger partial charge in [-0.3, -0.25) is 9.97 Å². The zero-order chi connectivity index (χ0) is 13.2. The van der Waals surface area contributed by atoms with Crippen LogP contribution in [-0.4, -0.2) is 20.2 Å². The SMILES string of the molecule is CC(O)(c1cccnc1)C(C)(O)c1cccnc1. The van der Waals surface area contributed by atoms with E-state index < -0.39 is 11.2 Å². The van der Waals surface area contributed by atoms with Crippen LogP contribution in [0.5, 0.6) is 0 Å². The molecule has 2 aromatic heterocycles. The molecule has 2 atom stereocenters. The third-order valence-corrected chi connectivity index (χ3v) is 3.40. The van der Waals surface area contributed by atoms with Crippen molar-refractivity contribution in [2.45, 2.75) is 25.0 Å². The van der Waals surface area contributed by atoms with Crippen molar-refractivity contribution in [3.63, 3.8) is 0 Å². The van der Waals surface area contributed by atoms with Gasteiger partial charge in [0, 0.05) is 35.9 Å². The Morgan fingerprint density at radius 1 is 0.833 bits per heavy atom. The van der Waals surface area contributed by atoms with Gasteiger partial charge in [-0.25, -0.2) is 0 Å². The molecule has 0 spiro atoms. The van der Waals surface area contributed by atoms with Crippen LogP contribution >= 0.6 is 0 Å². The molecule has 0 amide bonds. The molecule has 2 rings (SSSR count). The first-order valence-corrected chi connectivity index (χ1v) is 5.72. The summed E-state index contributed by atoms with van der Waals surface area (Å²) in [6.07, 6.45) is 6.34. The van der Waals surface area contributed by atoms with Crippen molar-refractivity contribution in [1.29, 1.82) is 0 Å². The summed E-state index contributed by atoms with van der Waals surface area (Å²) in [5.41, 5.74) is -1.80. The number of pyridine rings is 2. The third kappa shape index (κ3) is 2.00. The second kappa shape index (κ2) is 4.48. The minimum absolute atomic E-state index is 0.554. The highest BCUT2D eigenvalue weighted by atomic mass is 16.4. The maximum absolute atomic E-state index is 10.6. The van der Waals surface area contributed by atoms with Crippen molar-refractivity contribution in [2.24, 2.45) is 0 Å². The van der Waals surface area contributed by atoms with Crippen molar-refractivity contribution in [3.05, 3.63) is 60.2 Å². The molecule has 0 aliphatic carbocycles. The van der Waals surface area contributed by atoms with Crippen molar-refractivity contribution < 1.29 is 10.2 Å². The molecule has 18 heavy (non-hydrogen) atoms. The average Bonchev–Trinajstić information content (AvgIpc) is 2.40. The van der Waals surface area contributed by atoms with Gasteiger partial charge in [0.2, 0.25) is 0 Å². The van der Waals surface area contributed by atoms with Gasteiger partial charge >= 0.3 is 0 Å². The first kappa shape index (κ1) is 12.7. The molecule has 2 heterocycles. The molecule has 94 valence electrons. The Labute approximate surface area is 106 Å². The van der Waals surface area contributed by atoms with Gasteiger partial charge in [-0.1, -0.05) is 12.1 Å². The van der Waals surface area contributed by atoms with Crippen LogP contribution in [0.4, 0.5) is 0 Å². The normalized spacial score (nSPS) is 17.8. The molecule has 0 saturated heterocycles. The summed E-state index contributed by atoms with van der Waals surface area (Å²) >= 11 is 0. The zero-order valence-corrected chi connectivity index (χ0v) is 10.4. The molecule has 2 aromatic rings. The predicted molar refractivity (Wildman–Crippen MR) is 67.6 cm³/mol. The van der Waals surface area contributed by atoms with Crippen molar-refractivity contribution in [2.75, 3.05) is 0 Å². The molecule has 0 saturated carbocycles. The largest absolute Gasteiger partial charge is 0.382 e. The first-order valence-electron chi connectivity index (χ1n) is 5.72. The summed E-state index contributed by atoms with van der Waals surface area (Å²) in [5, 5.41) is 21.3. The van der Waals surface area contributed by atoms with Crippen molar-refractivity contribution in [3.8, 4) is 0 Å². The van der Waals surface area contributed by atoms with E-state index in [4.69, 9.17) is 0 Å². The standard InChI is InChI=1S/C14H16N2O2/c1-13(17,11-5-3-7-15-9-11)14(2,18)12-6-4-8-16-10-12/h3-10,17-18H,1-2H3. The number of rotatable bonds is 3. The van der Waals surface area contributed by atoms with E-state index in [9.17, 15) is 10.2 Å². The van der Waals surface area contributed by atoms with Gasteiger partial charge in [0.25, 0.3) is 0 Å². The summed E-state index contributed by atoms with van der Waals surface area (Å²) < 4.78 is 0. The second-order valence-corrected chi connectivity index (χ2v) is 4.63. The predicted octanol–water partition coefficient (Wildman–Crippen LogP) is 1.59. The van der Waals surface area contributed by atoms with Crippen LogP contribution < -0.4 is 0 Å². The molecule has 4 nitrogen and oxygen atoms in total. The minimum atomic E-state index is -1.45. The highest BCUT2D eigenvalue weighted by Crippen LogP contribution is 2.39. The van der Waals surface area contributed by atoms with Crippen LogP contribution in [0.1, 0.15) is 25.0 Å². The molecule has 2 N–H and O–H groups in total. The van der Waals surface area contributed by atoms with Gasteiger partial charge in [0.1, 0.15) is 11.2 Å². The van der Waals surface area contributed by atoms with Crippen LogP contribution in [0.3, 0.4) is 0 Å². The summed E-state index contributed by atoms with van der Waals surface area (Å²) in [4.78, 5) is 7.94. The van der Waals surface area contributed by atoms with Gasteiger partial charge in [0.15, 0.2) is 0 Å². The highest BCUT2D eigenvalue weighted by Gasteiger charge is 2.44. The van der Waals surface area contributed by atoms with E-state index in [-0.39, 0.29) is 0 Å². The Morgan fingerprint density at radius 2 is 1.22 bits per heavy atom. The molecule has 0 bridgehead atoms. The number of aliphatic hydroxyl groups is 2. The smallest absolute Gasteiger partial charge is 0.121 e. The molecular formula is C14H16N2O2. The topological polar surface area (TPSA) is 66.2 Å². The van der Waals surface area contributed by atoms with Crippen LogP contribution in [-0.2, 0) is 11.2 Å². The van der Waals surface area contributed by atoms with Gasteiger partial charge in [-0.2, -0.15) is 0 Å². The molecule has 0 fully saturated rings. The number of hydrogen-bond donors (Lipinski definition) is 2. The van der Waals surface area contributed by atoms with Crippen LogP contribution in [0.25, 0.3) is 0 Å². The lowest BCUT2D eigenvalue weighted by Crippen LogP contribution is -2.45. The minimum Gasteiger partial charge on any atom is -0.382 e. The van der Waals surface area contributed by atoms with E-state index in [2.05, 4.69) is 9.97 Å². The third-order valence-electron chi connectivity index (χ3n) is 3.40. The van der Waals surface area contributed by atoms with E-state index in [1.54, 1.807) is 62.9 Å². The van der Waals surface area contributed by atoms with Gasteiger partial charge in [-0.05, 0) is 26.0 Å². The fourth-order valence-corrected chi connectivity index (χ4v) is 1.86. The van der Waals surface area contributed by atoms with Gasteiger partial charge in [-0.15, -0.1) is 0 Å². The zero-order valence-electron chi connectivity index (χ0n) is 10.4. The maximum Gasteiger partial charge on any atom is 0.121 e. The monoisotopic (exact) mass is 244 g/mol. The fraction of sp³-hybridized carbons (Fsp3) is 0.286. The lowest BCUT2D eigenvalue weighted by Gasteiger charge is -2.38. The Morgan fingerprint density at radius 3 is 1.50 bits per heavy atom. The number of aromatic nitrogens is 2. The van der Waals surface area contributed by atoms with Gasteiger partial charge in [0.05, 0.1) is 0 Å². The summed E-state index contributed by atoms with van der Waals surface area (Å²) in [6, 6.07) is 6.92. The van der Waals surface area contributed by atoms with Crippen LogP contribution in [0.15, 0.2) is 49.1 Å². The molecule has 0 aliphatic heterocycles. The van der Waals surface area contributed by atoms with E-state index in [1.807, 2.05) is 0 Å². The highest BCUT2D eigenvalue weighted by molar-refractivity contribution is 5.29. The molecular weight excluding hydrogens is 228 g/mol. The lowest BCUT2D eigenvalue weighted by atomic mass is 9.77. The summed E-state index contributed by atoms with van der Waals surface area (Å²) in [7, 11) is 0. The summed E-state index contributed by atoms with van der Waals surface area (Å²) in [6.45, 7) is 3.13. The first-order chi connectivity index (χ1) is 8.46. The average molecular weight is 244 g/mol. The Balaban J connectivity index is 2.47. The van der Waals surface area contributed by atoms with Crippen LogP contribution in [0.2, 0.25) is 0 Å². The second-order valence-electron chi connectivity index (χ2n) is 4.63. The number of hydrogen-bond acceptors (Lipinski definition) is 4. The van der Waals surface area contributed by atoms with E-state index in [0.29, 0.717) is 11.1 Å². The number of nitrogens with zero attached hydrogens (tertiary/aromatic N) is 2. The molecule has 2 unspecified atom stereocenters. The quantitative estimate of drug-likeness (QED) is 0.860. The molecule has 0 aliphatic rings. The van der Waals surface area contributed by atoms with E-state index in [0.717, 1.165) is 0 Å².